The van der Waals surface area contributed by atoms with Crippen LogP contribution in [0.25, 0.3) is 0 Å². The molecule has 3 N–H and O–H groups in total. The van der Waals surface area contributed by atoms with Gasteiger partial charge in [0, 0.05) is 13.0 Å². The minimum Gasteiger partial charge on any atom is -0.381 e. The molecule has 0 radical (unpaired) electrons. The Hall–Kier alpha value is -1.61. The van der Waals surface area contributed by atoms with Crippen molar-refractivity contribution in [1.29, 1.82) is 5.26 Å². The molecule has 0 aromatic heterocycles. The number of rotatable bonds is 5. The molecule has 0 unspecified atom stereocenters. The average molecular weight is 225 g/mol. The zero-order chi connectivity index (χ0) is 12.0. The molecular weight excluding hydrogens is 210 g/mol. The summed E-state index contributed by atoms with van der Waals surface area (Å²) < 4.78 is 5.07. The second-order valence-electron chi connectivity index (χ2n) is 3.72. The zero-order valence-electron chi connectivity index (χ0n) is 8.94. The van der Waals surface area contributed by atoms with Crippen LogP contribution in [0.15, 0.2) is 0 Å². The molecule has 2 amide bonds. The first-order valence-corrected chi connectivity index (χ1v) is 5.19. The molecule has 88 valence electrons. The number of nitrogens with zero attached hydrogens (tertiary/aromatic N) is 1. The van der Waals surface area contributed by atoms with E-state index in [1.54, 1.807) is 0 Å². The molecule has 1 saturated heterocycles. The maximum Gasteiger partial charge on any atom is 0.240 e. The van der Waals surface area contributed by atoms with Gasteiger partial charge in [0.05, 0.1) is 18.6 Å². The van der Waals surface area contributed by atoms with Crippen molar-refractivity contribution >= 4 is 11.8 Å². The molecule has 1 heterocycles. The molecular formula is C10H15N3O3. The molecule has 0 aromatic rings. The summed E-state index contributed by atoms with van der Waals surface area (Å²) in [7, 11) is 0. The lowest BCUT2D eigenvalue weighted by molar-refractivity contribution is -0.130. The molecule has 6 nitrogen and oxygen atoms in total. The van der Waals surface area contributed by atoms with Crippen LogP contribution >= 0.6 is 0 Å². The van der Waals surface area contributed by atoms with E-state index in [1.807, 2.05) is 6.07 Å². The van der Waals surface area contributed by atoms with Gasteiger partial charge in [-0.1, -0.05) is 0 Å². The third kappa shape index (κ3) is 3.51. The van der Waals surface area contributed by atoms with Gasteiger partial charge in [-0.3, -0.25) is 9.59 Å². The maximum atomic E-state index is 11.6. The molecule has 1 fully saturated rings. The standard InChI is InChI=1S/C10H15N3O3/c11-4-1-2-8(9(12)14)13-10(15)7-3-5-16-6-7/h7-8H,1-3,5-6H2,(H2,12,14)(H,13,15)/t7-,8-/m0/s1. The Morgan fingerprint density at radius 1 is 1.62 bits per heavy atom. The second-order valence-corrected chi connectivity index (χ2v) is 3.72. The average Bonchev–Trinajstić information content (AvgIpc) is 2.76. The van der Waals surface area contributed by atoms with Gasteiger partial charge in [0.15, 0.2) is 0 Å². The van der Waals surface area contributed by atoms with Crippen molar-refractivity contribution in [2.45, 2.75) is 25.3 Å². The number of primary amides is 1. The minimum absolute atomic E-state index is 0.190. The van der Waals surface area contributed by atoms with Crippen LogP contribution in [0.1, 0.15) is 19.3 Å². The van der Waals surface area contributed by atoms with E-state index in [1.165, 1.54) is 0 Å². The molecule has 0 saturated carbocycles. The van der Waals surface area contributed by atoms with Crippen LogP contribution in [0, 0.1) is 17.2 Å². The lowest BCUT2D eigenvalue weighted by Gasteiger charge is -2.16. The van der Waals surface area contributed by atoms with Crippen LogP contribution in [0.4, 0.5) is 0 Å². The summed E-state index contributed by atoms with van der Waals surface area (Å²) in [6.07, 6.45) is 1.11. The van der Waals surface area contributed by atoms with Crippen molar-refractivity contribution in [1.82, 2.24) is 5.32 Å². The Labute approximate surface area is 93.7 Å². The van der Waals surface area contributed by atoms with Gasteiger partial charge in [-0.25, -0.2) is 0 Å². The minimum atomic E-state index is -0.757. The number of carbonyl (C=O) groups excluding carboxylic acids is 2. The summed E-state index contributed by atoms with van der Waals surface area (Å²) in [5, 5.41) is 11.0. The first-order chi connectivity index (χ1) is 7.65. The number of nitriles is 1. The second kappa shape index (κ2) is 6.08. The van der Waals surface area contributed by atoms with Crippen LogP contribution in [-0.2, 0) is 14.3 Å². The normalized spacial score (nSPS) is 21.1. The van der Waals surface area contributed by atoms with Gasteiger partial charge >= 0.3 is 0 Å². The molecule has 2 atom stereocenters. The Balaban J connectivity index is 2.44. The van der Waals surface area contributed by atoms with Gasteiger partial charge in [0.1, 0.15) is 6.04 Å². The van der Waals surface area contributed by atoms with Gasteiger partial charge in [0.25, 0.3) is 0 Å². The molecule has 0 aliphatic carbocycles. The van der Waals surface area contributed by atoms with E-state index in [4.69, 9.17) is 15.7 Å². The summed E-state index contributed by atoms with van der Waals surface area (Å²) in [5.74, 6) is -1.04. The number of nitrogens with one attached hydrogen (secondary N) is 1. The smallest absolute Gasteiger partial charge is 0.240 e. The molecule has 0 spiro atoms. The largest absolute Gasteiger partial charge is 0.381 e. The van der Waals surface area contributed by atoms with E-state index in [0.717, 1.165) is 0 Å². The van der Waals surface area contributed by atoms with E-state index in [0.29, 0.717) is 19.6 Å². The van der Waals surface area contributed by atoms with Crippen LogP contribution < -0.4 is 11.1 Å². The number of ether oxygens (including phenoxy) is 1. The first-order valence-electron chi connectivity index (χ1n) is 5.19. The number of hydrogen-bond donors (Lipinski definition) is 2. The number of carbonyl (C=O) groups is 2. The predicted octanol–water partition coefficient (Wildman–Crippen LogP) is -0.703. The number of amides is 2. The fraction of sp³-hybridized carbons (Fsp3) is 0.700. The van der Waals surface area contributed by atoms with Crippen molar-refractivity contribution in [3.05, 3.63) is 0 Å². The van der Waals surface area contributed by atoms with Gasteiger partial charge in [-0.05, 0) is 12.8 Å². The van der Waals surface area contributed by atoms with Crippen molar-refractivity contribution < 1.29 is 14.3 Å². The van der Waals surface area contributed by atoms with E-state index >= 15 is 0 Å². The predicted molar refractivity (Wildman–Crippen MR) is 54.9 cm³/mol. The molecule has 0 aromatic carbocycles. The Kier molecular flexibility index (Phi) is 4.73. The summed E-state index contributed by atoms with van der Waals surface area (Å²) in [6, 6.07) is 1.16. The highest BCUT2D eigenvalue weighted by atomic mass is 16.5. The molecule has 1 aliphatic rings. The molecule has 0 bridgehead atoms. The summed E-state index contributed by atoms with van der Waals surface area (Å²) in [4.78, 5) is 22.7. The Morgan fingerprint density at radius 2 is 2.38 bits per heavy atom. The van der Waals surface area contributed by atoms with Crippen molar-refractivity contribution in [2.24, 2.45) is 11.7 Å². The van der Waals surface area contributed by atoms with E-state index in [-0.39, 0.29) is 24.7 Å². The number of hydrogen-bond acceptors (Lipinski definition) is 4. The van der Waals surface area contributed by atoms with E-state index < -0.39 is 11.9 Å². The lowest BCUT2D eigenvalue weighted by atomic mass is 10.1. The highest BCUT2D eigenvalue weighted by molar-refractivity contribution is 5.87. The monoisotopic (exact) mass is 225 g/mol. The van der Waals surface area contributed by atoms with Gasteiger partial charge in [-0.15, -0.1) is 0 Å². The fourth-order valence-corrected chi connectivity index (χ4v) is 1.53. The Bertz CT molecular complexity index is 305. The van der Waals surface area contributed by atoms with Gasteiger partial charge in [0.2, 0.25) is 11.8 Å². The van der Waals surface area contributed by atoms with Crippen molar-refractivity contribution in [2.75, 3.05) is 13.2 Å². The third-order valence-corrected chi connectivity index (χ3v) is 2.51. The third-order valence-electron chi connectivity index (χ3n) is 2.51. The molecule has 1 rings (SSSR count). The van der Waals surface area contributed by atoms with Crippen molar-refractivity contribution in [3.63, 3.8) is 0 Å². The van der Waals surface area contributed by atoms with Crippen LogP contribution in [0.3, 0.4) is 0 Å². The van der Waals surface area contributed by atoms with Crippen LogP contribution in [-0.4, -0.2) is 31.1 Å². The highest BCUT2D eigenvalue weighted by Gasteiger charge is 2.26. The summed E-state index contributed by atoms with van der Waals surface area (Å²) in [5.41, 5.74) is 5.13. The SMILES string of the molecule is N#CCC[C@H](NC(=O)[C@H]1CCOC1)C(N)=O. The van der Waals surface area contributed by atoms with Crippen LogP contribution in [0.5, 0.6) is 0 Å². The molecule has 16 heavy (non-hydrogen) atoms. The fourth-order valence-electron chi connectivity index (χ4n) is 1.53. The van der Waals surface area contributed by atoms with Crippen LogP contribution in [0.2, 0.25) is 0 Å². The topological polar surface area (TPSA) is 105 Å². The Morgan fingerprint density at radius 3 is 2.88 bits per heavy atom. The molecule has 6 heteroatoms. The molecule has 1 aliphatic heterocycles. The van der Waals surface area contributed by atoms with Crippen molar-refractivity contribution in [3.8, 4) is 6.07 Å². The quantitative estimate of drug-likeness (QED) is 0.645. The zero-order valence-corrected chi connectivity index (χ0v) is 8.94. The lowest BCUT2D eigenvalue weighted by Crippen LogP contribution is -2.46. The van der Waals surface area contributed by atoms with E-state index in [9.17, 15) is 9.59 Å². The highest BCUT2D eigenvalue weighted by Crippen LogP contribution is 2.12. The summed E-state index contributed by atoms with van der Waals surface area (Å²) in [6.45, 7) is 0.951. The summed E-state index contributed by atoms with van der Waals surface area (Å²) >= 11 is 0. The first kappa shape index (κ1) is 12.5. The van der Waals surface area contributed by atoms with Gasteiger partial charge in [-0.2, -0.15) is 5.26 Å². The van der Waals surface area contributed by atoms with Gasteiger partial charge < -0.3 is 15.8 Å². The number of nitrogens with two attached hydrogens (primary N) is 1. The maximum absolute atomic E-state index is 11.6. The van der Waals surface area contributed by atoms with E-state index in [2.05, 4.69) is 5.32 Å².